The highest BCUT2D eigenvalue weighted by Gasteiger charge is 2.24. The maximum Gasteiger partial charge on any atom is 0.323 e. The molecule has 0 saturated carbocycles. The van der Waals surface area contributed by atoms with Crippen molar-refractivity contribution in [3.63, 3.8) is 0 Å². The van der Waals surface area contributed by atoms with Gasteiger partial charge in [-0.25, -0.2) is 9.97 Å². The van der Waals surface area contributed by atoms with Crippen molar-refractivity contribution in [2.75, 3.05) is 33.2 Å². The number of methoxy groups -OCH3 is 2. The first-order valence-corrected chi connectivity index (χ1v) is 16.2. The molecule has 14 nitrogen and oxygen atoms in total. The Bertz CT molecular complexity index is 1820. The molecular formula is C37H40N8O6. The van der Waals surface area contributed by atoms with Gasteiger partial charge in [0.05, 0.1) is 37.0 Å². The number of hydrogen-bond donors (Lipinski definition) is 2. The number of benzene rings is 2. The lowest BCUT2D eigenvalue weighted by Crippen LogP contribution is -2.40. The first-order valence-electron chi connectivity index (χ1n) is 16.2. The Morgan fingerprint density at radius 3 is 1.45 bits per heavy atom. The quantitative estimate of drug-likeness (QED) is 0.155. The molecule has 0 saturated heterocycles. The summed E-state index contributed by atoms with van der Waals surface area (Å²) in [6.07, 6.45) is 6.42. The van der Waals surface area contributed by atoms with Crippen LogP contribution in [0.2, 0.25) is 0 Å². The van der Waals surface area contributed by atoms with Gasteiger partial charge in [0.15, 0.2) is 0 Å². The summed E-state index contributed by atoms with van der Waals surface area (Å²) in [5.41, 5.74) is 4.25. The van der Waals surface area contributed by atoms with E-state index in [1.807, 2.05) is 43.3 Å². The summed E-state index contributed by atoms with van der Waals surface area (Å²) in [6.45, 7) is 0.427. The second kappa shape index (κ2) is 17.1. The summed E-state index contributed by atoms with van der Waals surface area (Å²) in [7, 11) is 6.43. The number of nitrogens with zero attached hydrogens (tertiary/aromatic N) is 6. The molecule has 51 heavy (non-hydrogen) atoms. The number of anilines is 1. The predicted octanol–water partition coefficient (Wildman–Crippen LogP) is 2.67. The maximum atomic E-state index is 12.8. The normalized spacial score (nSPS) is 12.2. The Morgan fingerprint density at radius 2 is 1.08 bits per heavy atom. The zero-order valence-corrected chi connectivity index (χ0v) is 28.9. The summed E-state index contributed by atoms with van der Waals surface area (Å²) < 4.78 is 12.9. The number of aromatic nitrogens is 5. The minimum absolute atomic E-state index is 0.178. The average molecular weight is 693 g/mol. The van der Waals surface area contributed by atoms with Gasteiger partial charge in [-0.3, -0.25) is 43.9 Å². The molecule has 0 amide bonds. The number of rotatable bonds is 15. The van der Waals surface area contributed by atoms with Gasteiger partial charge in [0.2, 0.25) is 0 Å². The summed E-state index contributed by atoms with van der Waals surface area (Å²) >= 11 is 0. The predicted molar refractivity (Wildman–Crippen MR) is 188 cm³/mol. The van der Waals surface area contributed by atoms with Crippen LogP contribution in [0.1, 0.15) is 43.5 Å². The van der Waals surface area contributed by atoms with Crippen LogP contribution in [0.5, 0.6) is 0 Å². The van der Waals surface area contributed by atoms with Crippen molar-refractivity contribution >= 4 is 29.4 Å². The standard InChI is InChI=1S/C37H40N8O6/c1-43(2)31-15-27(19-38-32(36(48)50-3)17-29-21-44(23-40-29)34(46)25-11-7-5-8-12-25)42-28(16-31)20-39-33(37(49)51-4)18-30-22-45(24-41-30)35(47)26-13-9-6-10-14-26/h5-16,21-24,32-33,38-39H,17-20H2,1-4H3/t32-,33-/m0/s1. The molecule has 2 N–H and O–H groups in total. The van der Waals surface area contributed by atoms with E-state index in [1.165, 1.54) is 36.0 Å². The molecule has 2 aromatic carbocycles. The number of carbonyl (C=O) groups excluding carboxylic acids is 4. The maximum absolute atomic E-state index is 12.8. The molecule has 0 spiro atoms. The lowest BCUT2D eigenvalue weighted by molar-refractivity contribution is -0.144. The molecule has 0 unspecified atom stereocenters. The monoisotopic (exact) mass is 692 g/mol. The van der Waals surface area contributed by atoms with Gasteiger partial charge in [0, 0.05) is 69.2 Å². The first-order chi connectivity index (χ1) is 24.6. The van der Waals surface area contributed by atoms with E-state index in [0.29, 0.717) is 33.9 Å². The van der Waals surface area contributed by atoms with E-state index in [-0.39, 0.29) is 37.7 Å². The van der Waals surface area contributed by atoms with Crippen LogP contribution in [0.15, 0.2) is 97.8 Å². The molecule has 3 aromatic heterocycles. The van der Waals surface area contributed by atoms with Crippen LogP contribution < -0.4 is 15.5 Å². The molecule has 5 aromatic rings. The fraction of sp³-hybridized carbons (Fsp3) is 0.270. The molecule has 2 atom stereocenters. The van der Waals surface area contributed by atoms with Crippen LogP contribution in [0.3, 0.4) is 0 Å². The average Bonchev–Trinajstić information content (AvgIpc) is 3.84. The van der Waals surface area contributed by atoms with E-state index in [4.69, 9.17) is 14.5 Å². The van der Waals surface area contributed by atoms with Crippen molar-refractivity contribution in [1.29, 1.82) is 0 Å². The van der Waals surface area contributed by atoms with E-state index in [1.54, 1.807) is 60.9 Å². The molecule has 0 aliphatic carbocycles. The SMILES string of the molecule is COC(=O)[C@H](Cc1cn(C(=O)c2ccccc2)cn1)NCc1cc(N(C)C)cc(CN[C@@H](Cc2cn(C(=O)c3ccccc3)cn2)C(=O)OC)n1. The molecule has 264 valence electrons. The number of imidazole rings is 2. The van der Waals surface area contributed by atoms with Crippen molar-refractivity contribution < 1.29 is 28.7 Å². The van der Waals surface area contributed by atoms with Crippen molar-refractivity contribution in [2.45, 2.75) is 38.0 Å². The minimum atomic E-state index is -0.770. The fourth-order valence-corrected chi connectivity index (χ4v) is 5.33. The van der Waals surface area contributed by atoms with E-state index in [9.17, 15) is 19.2 Å². The van der Waals surface area contributed by atoms with Crippen molar-refractivity contribution in [1.82, 2.24) is 34.7 Å². The third-order valence-electron chi connectivity index (χ3n) is 8.07. The zero-order chi connectivity index (χ0) is 36.3. The summed E-state index contributed by atoms with van der Waals surface area (Å²) in [5.74, 6) is -1.44. The molecule has 5 rings (SSSR count). The number of hydrogen-bond acceptors (Lipinski definition) is 12. The summed E-state index contributed by atoms with van der Waals surface area (Å²) in [4.78, 5) is 66.6. The molecule has 0 fully saturated rings. The zero-order valence-electron chi connectivity index (χ0n) is 28.9. The Morgan fingerprint density at radius 1 is 0.667 bits per heavy atom. The van der Waals surface area contributed by atoms with Gasteiger partial charge in [-0.2, -0.15) is 0 Å². The summed E-state index contributed by atoms with van der Waals surface area (Å²) in [6, 6.07) is 20.0. The van der Waals surface area contributed by atoms with Crippen LogP contribution in [0, 0.1) is 0 Å². The molecular weight excluding hydrogens is 652 g/mol. The summed E-state index contributed by atoms with van der Waals surface area (Å²) in [5, 5.41) is 6.45. The molecule has 3 heterocycles. The van der Waals surface area contributed by atoms with Crippen molar-refractivity contribution in [3.8, 4) is 0 Å². The number of ether oxygens (including phenoxy) is 2. The number of esters is 2. The number of carbonyl (C=O) groups is 4. The topological polar surface area (TPSA) is 163 Å². The lowest BCUT2D eigenvalue weighted by atomic mass is 10.1. The third kappa shape index (κ3) is 9.59. The van der Waals surface area contributed by atoms with Crippen LogP contribution in [0.25, 0.3) is 0 Å². The van der Waals surface area contributed by atoms with Crippen LogP contribution in [-0.2, 0) is 45.0 Å². The molecule has 0 radical (unpaired) electrons. The minimum Gasteiger partial charge on any atom is -0.468 e. The van der Waals surface area contributed by atoms with Crippen molar-refractivity contribution in [3.05, 3.63) is 132 Å². The Labute approximate surface area is 295 Å². The second-order valence-corrected chi connectivity index (χ2v) is 11.9. The van der Waals surface area contributed by atoms with Gasteiger partial charge in [0.25, 0.3) is 11.8 Å². The molecule has 0 aliphatic heterocycles. The van der Waals surface area contributed by atoms with Gasteiger partial charge in [0.1, 0.15) is 24.7 Å². The van der Waals surface area contributed by atoms with Gasteiger partial charge in [-0.1, -0.05) is 36.4 Å². The largest absolute Gasteiger partial charge is 0.468 e. The van der Waals surface area contributed by atoms with Crippen molar-refractivity contribution in [2.24, 2.45) is 0 Å². The molecule has 0 bridgehead atoms. The highest BCUT2D eigenvalue weighted by atomic mass is 16.5. The second-order valence-electron chi connectivity index (χ2n) is 11.9. The molecule has 14 heteroatoms. The fourth-order valence-electron chi connectivity index (χ4n) is 5.33. The van der Waals surface area contributed by atoms with E-state index in [0.717, 1.165) is 5.69 Å². The Balaban J connectivity index is 1.25. The van der Waals surface area contributed by atoms with Crippen LogP contribution >= 0.6 is 0 Å². The first kappa shape index (κ1) is 36.3. The number of nitrogens with one attached hydrogen (secondary N) is 2. The molecule has 0 aliphatic rings. The number of pyridine rings is 1. The third-order valence-corrected chi connectivity index (χ3v) is 8.07. The highest BCUT2D eigenvalue weighted by molar-refractivity contribution is 5.96. The van der Waals surface area contributed by atoms with Gasteiger partial charge in [-0.15, -0.1) is 0 Å². The Hall–Kier alpha value is -5.99. The lowest BCUT2D eigenvalue weighted by Gasteiger charge is -2.19. The van der Waals surface area contributed by atoms with Gasteiger partial charge >= 0.3 is 11.9 Å². The smallest absolute Gasteiger partial charge is 0.323 e. The van der Waals surface area contributed by atoms with Crippen LogP contribution in [0.4, 0.5) is 5.69 Å². The highest BCUT2D eigenvalue weighted by Crippen LogP contribution is 2.16. The van der Waals surface area contributed by atoms with Gasteiger partial charge in [-0.05, 0) is 36.4 Å². The van der Waals surface area contributed by atoms with Gasteiger partial charge < -0.3 is 14.4 Å². The van der Waals surface area contributed by atoms with E-state index in [2.05, 4.69) is 20.6 Å². The Kier molecular flexibility index (Phi) is 12.2. The van der Waals surface area contributed by atoms with Crippen LogP contribution in [-0.4, -0.2) is 88.2 Å². The van der Waals surface area contributed by atoms with E-state index >= 15 is 0 Å². The van der Waals surface area contributed by atoms with E-state index < -0.39 is 24.0 Å².